The van der Waals surface area contributed by atoms with E-state index in [1.807, 2.05) is 22.7 Å². The van der Waals surface area contributed by atoms with E-state index in [1.165, 1.54) is 129 Å². The molecule has 0 fully saturated rings. The lowest BCUT2D eigenvalue weighted by Gasteiger charge is -2.15. The number of aryl methyl sites for hydroxylation is 6. The largest absolute Gasteiger partial charge is 0.133 e. The van der Waals surface area contributed by atoms with Crippen molar-refractivity contribution in [2.75, 3.05) is 0 Å². The smallest absolute Gasteiger partial charge is 0.0541 e. The van der Waals surface area contributed by atoms with Crippen LogP contribution in [0.1, 0.15) is 55.6 Å². The molecule has 6 aromatic carbocycles. The maximum Gasteiger partial charge on any atom is 0.0541 e. The van der Waals surface area contributed by atoms with Crippen LogP contribution in [0.5, 0.6) is 0 Å². The van der Waals surface area contributed by atoms with Crippen LogP contribution in [0.2, 0.25) is 0 Å². The summed E-state index contributed by atoms with van der Waals surface area (Å²) < 4.78 is 5.69. The van der Waals surface area contributed by atoms with Gasteiger partial charge in [-0.15, -0.1) is 22.7 Å². The number of benzene rings is 6. The molecule has 2 heterocycles. The molecule has 0 bridgehead atoms. The Balaban J connectivity index is 1.44. The van der Waals surface area contributed by atoms with Gasteiger partial charge in [0.05, 0.1) is 9.40 Å². The minimum absolute atomic E-state index is 1.32. The Hall–Kier alpha value is -4.76. The van der Waals surface area contributed by atoms with Gasteiger partial charge in [0.25, 0.3) is 0 Å². The van der Waals surface area contributed by atoms with Gasteiger partial charge in [0.1, 0.15) is 0 Å². The molecule has 2 heteroatoms. The highest BCUT2D eigenvalue weighted by atomic mass is 32.1. The number of hydrogen-bond donors (Lipinski definition) is 0. The number of fused-ring (bicyclic) bond motifs is 14. The fourth-order valence-corrected chi connectivity index (χ4v) is 12.1. The molecule has 0 N–H and O–H groups in total. The van der Waals surface area contributed by atoms with Crippen molar-refractivity contribution in [2.45, 2.75) is 41.5 Å². The van der Waals surface area contributed by atoms with Gasteiger partial charge in [-0.25, -0.2) is 0 Å². The van der Waals surface area contributed by atoms with E-state index in [-0.39, 0.29) is 0 Å². The van der Waals surface area contributed by atoms with Crippen molar-refractivity contribution in [3.8, 4) is 22.3 Å². The highest BCUT2D eigenvalue weighted by molar-refractivity contribution is 7.26. The highest BCUT2D eigenvalue weighted by Crippen LogP contribution is 2.52. The first-order valence-corrected chi connectivity index (χ1v) is 18.5. The SMILES string of the molecule is Cc1cc(C)c(C2=c3sc4c5sc6c(c5c5ccccc5c4c3-c3ccccc32)-c2ccccc2C=6c2c(C)cc(C)cc2C)c(C)c1. The third-order valence-electron chi connectivity index (χ3n) is 10.7. The summed E-state index contributed by atoms with van der Waals surface area (Å²) in [6.45, 7) is 13.6. The molecule has 2 aliphatic rings. The monoisotopic (exact) mass is 650 g/mol. The van der Waals surface area contributed by atoms with E-state index in [9.17, 15) is 0 Å². The summed E-state index contributed by atoms with van der Waals surface area (Å²) in [7, 11) is 0. The summed E-state index contributed by atoms with van der Waals surface area (Å²) in [5.41, 5.74) is 22.0. The van der Waals surface area contributed by atoms with Crippen LogP contribution in [0.25, 0.3) is 64.3 Å². The summed E-state index contributed by atoms with van der Waals surface area (Å²) in [5, 5.41) is 5.56. The zero-order valence-electron chi connectivity index (χ0n) is 28.1. The second kappa shape index (κ2) is 9.89. The molecule has 0 aliphatic heterocycles. The summed E-state index contributed by atoms with van der Waals surface area (Å²) in [6, 6.07) is 36.8. The van der Waals surface area contributed by atoms with E-state index in [1.54, 1.807) is 0 Å². The Morgan fingerprint density at radius 2 is 0.708 bits per heavy atom. The normalized spacial score (nSPS) is 13.1. The van der Waals surface area contributed by atoms with Gasteiger partial charge < -0.3 is 0 Å². The first-order valence-electron chi connectivity index (χ1n) is 16.9. The summed E-state index contributed by atoms with van der Waals surface area (Å²) in [6.07, 6.45) is 0. The second-order valence-corrected chi connectivity index (χ2v) is 16.0. The number of hydrogen-bond acceptors (Lipinski definition) is 2. The molecule has 48 heavy (non-hydrogen) atoms. The van der Waals surface area contributed by atoms with E-state index in [0.29, 0.717) is 0 Å². The molecule has 0 amide bonds. The topological polar surface area (TPSA) is 0 Å². The lowest BCUT2D eigenvalue weighted by atomic mass is 9.90. The van der Waals surface area contributed by atoms with Crippen LogP contribution in [-0.2, 0) is 0 Å². The molecular weight excluding hydrogens is 617 g/mol. The Labute approximate surface area is 289 Å². The average Bonchev–Trinajstić information content (AvgIpc) is 3.79. The lowest BCUT2D eigenvalue weighted by molar-refractivity contribution is 1.29. The predicted octanol–water partition coefficient (Wildman–Crippen LogP) is 11.6. The van der Waals surface area contributed by atoms with Gasteiger partial charge in [-0.3, -0.25) is 0 Å². The van der Waals surface area contributed by atoms with Crippen molar-refractivity contribution in [3.05, 3.63) is 162 Å². The van der Waals surface area contributed by atoms with Gasteiger partial charge in [-0.05, 0) is 108 Å². The van der Waals surface area contributed by atoms with Crippen LogP contribution in [0.3, 0.4) is 0 Å². The molecule has 0 nitrogen and oxygen atoms in total. The summed E-state index contributed by atoms with van der Waals surface area (Å²) in [4.78, 5) is 0. The first-order chi connectivity index (χ1) is 23.3. The minimum atomic E-state index is 1.32. The van der Waals surface area contributed by atoms with E-state index in [4.69, 9.17) is 0 Å². The average molecular weight is 651 g/mol. The van der Waals surface area contributed by atoms with Crippen LogP contribution in [0.15, 0.2) is 97.1 Å². The van der Waals surface area contributed by atoms with Gasteiger partial charge in [-0.1, -0.05) is 108 Å². The maximum absolute atomic E-state index is 2.37. The van der Waals surface area contributed by atoms with Gasteiger partial charge in [0.2, 0.25) is 0 Å². The zero-order chi connectivity index (χ0) is 32.6. The molecule has 230 valence electrons. The molecular formula is C46H34S2. The molecule has 2 aromatic heterocycles. The number of rotatable bonds is 2. The van der Waals surface area contributed by atoms with Crippen LogP contribution in [0.4, 0.5) is 0 Å². The lowest BCUT2D eigenvalue weighted by Crippen LogP contribution is -2.03. The van der Waals surface area contributed by atoms with Crippen LogP contribution >= 0.6 is 22.7 Å². The third kappa shape index (κ3) is 3.60. The van der Waals surface area contributed by atoms with Gasteiger partial charge in [0, 0.05) is 42.1 Å². The van der Waals surface area contributed by atoms with Crippen LogP contribution in [0, 0.1) is 41.5 Å². The minimum Gasteiger partial charge on any atom is -0.133 e. The first kappa shape index (κ1) is 28.3. The van der Waals surface area contributed by atoms with Gasteiger partial charge in [0.15, 0.2) is 0 Å². The molecule has 8 aromatic rings. The van der Waals surface area contributed by atoms with E-state index in [2.05, 4.69) is 139 Å². The third-order valence-corrected chi connectivity index (χ3v) is 13.3. The molecule has 0 radical (unpaired) electrons. The molecule has 0 spiro atoms. The fourth-order valence-electron chi connectivity index (χ4n) is 9.21. The second-order valence-electron chi connectivity index (χ2n) is 14.0. The maximum atomic E-state index is 2.37. The molecule has 0 atom stereocenters. The standard InChI is InChI=1S/C46H34S2/c1-23-19-25(3)35(26(4)20-23)37-29-13-7-9-15-31(29)39-41-33-17-11-12-18-34(33)42-40-32-16-10-8-14-30(32)38(36-27(5)21-24(2)22-28(36)6)44(40)48-46(42)45(41)47-43(37)39/h7-22H,1-6H3. The molecule has 0 saturated carbocycles. The quantitative estimate of drug-likeness (QED) is 0.175. The van der Waals surface area contributed by atoms with Gasteiger partial charge >= 0.3 is 0 Å². The molecule has 10 rings (SSSR count). The summed E-state index contributed by atoms with van der Waals surface area (Å²) >= 11 is 4.04. The van der Waals surface area contributed by atoms with Crippen molar-refractivity contribution >= 4 is 64.8 Å². The number of thiophene rings is 2. The zero-order valence-corrected chi connectivity index (χ0v) is 29.7. The van der Waals surface area contributed by atoms with Crippen molar-refractivity contribution < 1.29 is 0 Å². The molecule has 2 aliphatic carbocycles. The van der Waals surface area contributed by atoms with Gasteiger partial charge in [-0.2, -0.15) is 0 Å². The van der Waals surface area contributed by atoms with Crippen molar-refractivity contribution in [1.82, 2.24) is 0 Å². The summed E-state index contributed by atoms with van der Waals surface area (Å²) in [5.74, 6) is 0. The van der Waals surface area contributed by atoms with Crippen LogP contribution < -0.4 is 9.06 Å². The molecule has 0 unspecified atom stereocenters. The predicted molar refractivity (Wildman–Crippen MR) is 209 cm³/mol. The fraction of sp³-hybridized carbons (Fsp3) is 0.130. The van der Waals surface area contributed by atoms with Crippen molar-refractivity contribution in [3.63, 3.8) is 0 Å². The van der Waals surface area contributed by atoms with E-state index >= 15 is 0 Å². The van der Waals surface area contributed by atoms with Crippen molar-refractivity contribution in [1.29, 1.82) is 0 Å². The molecule has 0 saturated heterocycles. The van der Waals surface area contributed by atoms with Crippen molar-refractivity contribution in [2.24, 2.45) is 0 Å². The van der Waals surface area contributed by atoms with E-state index in [0.717, 1.165) is 0 Å². The Kier molecular flexibility index (Phi) is 5.82. The van der Waals surface area contributed by atoms with E-state index < -0.39 is 0 Å². The highest BCUT2D eigenvalue weighted by Gasteiger charge is 2.32. The Bertz CT molecular complexity index is 2640. The Morgan fingerprint density at radius 1 is 0.375 bits per heavy atom. The van der Waals surface area contributed by atoms with Crippen LogP contribution in [-0.4, -0.2) is 0 Å². The Morgan fingerprint density at radius 3 is 1.08 bits per heavy atom.